The number of nitrogens with one attached hydrogen (secondary N) is 1. The molecule has 1 amide bonds. The molecule has 0 aliphatic heterocycles. The molecule has 0 aliphatic rings. The van der Waals surface area contributed by atoms with Crippen molar-refractivity contribution in [2.24, 2.45) is 0 Å². The Hall–Kier alpha value is -3.15. The first-order valence-corrected chi connectivity index (χ1v) is 7.20. The van der Waals surface area contributed by atoms with Gasteiger partial charge in [0.2, 0.25) is 6.41 Å². The molecule has 0 spiro atoms. The van der Waals surface area contributed by atoms with Gasteiger partial charge >= 0.3 is 0 Å². The van der Waals surface area contributed by atoms with E-state index in [2.05, 4.69) is 4.98 Å². The quantitative estimate of drug-likeness (QED) is 0.431. The Morgan fingerprint density at radius 3 is 2.57 bits per heavy atom. The van der Waals surface area contributed by atoms with E-state index < -0.39 is 4.92 Å². The van der Waals surface area contributed by atoms with Crippen LogP contribution in [-0.4, -0.2) is 22.9 Å². The molecule has 0 unspecified atom stereocenters. The largest absolute Gasteiger partial charge is 0.361 e. The highest BCUT2D eigenvalue weighted by Gasteiger charge is 2.10. The monoisotopic (exact) mass is 309 g/mol. The molecule has 23 heavy (non-hydrogen) atoms. The summed E-state index contributed by atoms with van der Waals surface area (Å²) >= 11 is 0. The van der Waals surface area contributed by atoms with Crippen molar-refractivity contribution in [1.29, 1.82) is 0 Å². The minimum atomic E-state index is -0.457. The number of fused-ring (bicyclic) bond motifs is 1. The molecule has 0 fully saturated rings. The number of aromatic nitrogens is 1. The molecule has 0 saturated carbocycles. The number of H-pyrrole nitrogens is 1. The number of anilines is 1. The standard InChI is InChI=1S/C17H15N3O3/c21-12-19(14-5-7-15(8-6-14)20(22)23)10-9-13-11-18-17-4-2-1-3-16(13)17/h1-8,11-12,18H,9-10H2. The second kappa shape index (κ2) is 6.31. The van der Waals surface area contributed by atoms with Crippen LogP contribution in [0.2, 0.25) is 0 Å². The Morgan fingerprint density at radius 1 is 1.13 bits per heavy atom. The van der Waals surface area contributed by atoms with Gasteiger partial charge in [0.15, 0.2) is 0 Å². The van der Waals surface area contributed by atoms with Gasteiger partial charge in [0.25, 0.3) is 5.69 Å². The smallest absolute Gasteiger partial charge is 0.269 e. The normalized spacial score (nSPS) is 10.6. The molecule has 6 nitrogen and oxygen atoms in total. The van der Waals surface area contributed by atoms with Gasteiger partial charge in [-0.1, -0.05) is 18.2 Å². The molecule has 3 aromatic rings. The molecule has 0 saturated heterocycles. The molecule has 1 aromatic heterocycles. The maximum Gasteiger partial charge on any atom is 0.269 e. The van der Waals surface area contributed by atoms with Crippen LogP contribution in [0.5, 0.6) is 0 Å². The Bertz CT molecular complexity index is 840. The number of nitrogens with zero attached hydrogens (tertiary/aromatic N) is 2. The van der Waals surface area contributed by atoms with Crippen LogP contribution in [0.15, 0.2) is 54.7 Å². The second-order valence-corrected chi connectivity index (χ2v) is 5.18. The summed E-state index contributed by atoms with van der Waals surface area (Å²) in [6, 6.07) is 14.0. The van der Waals surface area contributed by atoms with Gasteiger partial charge in [-0.3, -0.25) is 14.9 Å². The summed E-state index contributed by atoms with van der Waals surface area (Å²) in [5.41, 5.74) is 2.85. The molecule has 1 N–H and O–H groups in total. The zero-order valence-electron chi connectivity index (χ0n) is 12.3. The van der Waals surface area contributed by atoms with Crippen LogP contribution >= 0.6 is 0 Å². The zero-order valence-corrected chi connectivity index (χ0v) is 12.3. The third-order valence-electron chi connectivity index (χ3n) is 3.82. The average molecular weight is 309 g/mol. The summed E-state index contributed by atoms with van der Waals surface area (Å²) < 4.78 is 0. The fraction of sp³-hybridized carbons (Fsp3) is 0.118. The minimum absolute atomic E-state index is 0.0104. The maximum absolute atomic E-state index is 11.3. The van der Waals surface area contributed by atoms with Crippen molar-refractivity contribution in [3.63, 3.8) is 0 Å². The minimum Gasteiger partial charge on any atom is -0.361 e. The molecule has 0 radical (unpaired) electrons. The van der Waals surface area contributed by atoms with E-state index in [4.69, 9.17) is 0 Å². The number of carbonyl (C=O) groups is 1. The SMILES string of the molecule is O=CN(CCc1c[nH]c2ccccc12)c1ccc([N+](=O)[O-])cc1. The highest BCUT2D eigenvalue weighted by atomic mass is 16.6. The number of para-hydroxylation sites is 1. The van der Waals surface area contributed by atoms with Gasteiger partial charge < -0.3 is 9.88 Å². The van der Waals surface area contributed by atoms with E-state index in [1.165, 1.54) is 12.1 Å². The first-order chi connectivity index (χ1) is 11.2. The molecule has 0 bridgehead atoms. The number of aromatic amines is 1. The molecule has 0 atom stereocenters. The Balaban J connectivity index is 1.74. The summed E-state index contributed by atoms with van der Waals surface area (Å²) in [6.45, 7) is 0.503. The Kier molecular flexibility index (Phi) is 4.05. The Morgan fingerprint density at radius 2 is 1.87 bits per heavy atom. The lowest BCUT2D eigenvalue weighted by molar-refractivity contribution is -0.384. The summed E-state index contributed by atoms with van der Waals surface area (Å²) in [5, 5.41) is 11.8. The summed E-state index contributed by atoms with van der Waals surface area (Å²) in [7, 11) is 0. The van der Waals surface area contributed by atoms with E-state index in [9.17, 15) is 14.9 Å². The third-order valence-corrected chi connectivity index (χ3v) is 3.82. The van der Waals surface area contributed by atoms with Gasteiger partial charge in [-0.05, 0) is 30.2 Å². The molecular weight excluding hydrogens is 294 g/mol. The number of benzene rings is 2. The fourth-order valence-electron chi connectivity index (χ4n) is 2.59. The van der Waals surface area contributed by atoms with Crippen LogP contribution in [0.25, 0.3) is 10.9 Å². The van der Waals surface area contributed by atoms with E-state index in [-0.39, 0.29) is 5.69 Å². The van der Waals surface area contributed by atoms with Crippen molar-refractivity contribution in [2.45, 2.75) is 6.42 Å². The van der Waals surface area contributed by atoms with Crippen LogP contribution in [0.4, 0.5) is 11.4 Å². The van der Waals surface area contributed by atoms with Gasteiger partial charge in [-0.25, -0.2) is 0 Å². The van der Waals surface area contributed by atoms with E-state index in [0.717, 1.165) is 22.9 Å². The van der Waals surface area contributed by atoms with E-state index in [1.807, 2.05) is 30.5 Å². The number of nitro groups is 1. The van der Waals surface area contributed by atoms with Gasteiger partial charge in [0.05, 0.1) is 4.92 Å². The van der Waals surface area contributed by atoms with Crippen LogP contribution in [0.1, 0.15) is 5.56 Å². The van der Waals surface area contributed by atoms with E-state index in [1.54, 1.807) is 17.0 Å². The van der Waals surface area contributed by atoms with Gasteiger partial charge in [-0.15, -0.1) is 0 Å². The lowest BCUT2D eigenvalue weighted by Crippen LogP contribution is -2.23. The van der Waals surface area contributed by atoms with E-state index in [0.29, 0.717) is 18.7 Å². The molecule has 0 aliphatic carbocycles. The van der Waals surface area contributed by atoms with Gasteiger partial charge in [0, 0.05) is 41.5 Å². The molecule has 1 heterocycles. The number of rotatable bonds is 6. The van der Waals surface area contributed by atoms with Gasteiger partial charge in [0.1, 0.15) is 0 Å². The van der Waals surface area contributed by atoms with Crippen molar-refractivity contribution in [3.8, 4) is 0 Å². The second-order valence-electron chi connectivity index (χ2n) is 5.18. The number of hydrogen-bond donors (Lipinski definition) is 1. The Labute approximate surface area is 132 Å². The first kappa shape index (κ1) is 14.8. The summed E-state index contributed by atoms with van der Waals surface area (Å²) in [5.74, 6) is 0. The third kappa shape index (κ3) is 3.06. The van der Waals surface area contributed by atoms with Crippen molar-refractivity contribution >= 4 is 28.7 Å². The first-order valence-electron chi connectivity index (χ1n) is 7.20. The average Bonchev–Trinajstić information content (AvgIpc) is 2.99. The lowest BCUT2D eigenvalue weighted by Gasteiger charge is -2.17. The number of carbonyl (C=O) groups excluding carboxylic acids is 1. The molecule has 3 rings (SSSR count). The van der Waals surface area contributed by atoms with Gasteiger partial charge in [-0.2, -0.15) is 0 Å². The van der Waals surface area contributed by atoms with Crippen LogP contribution in [-0.2, 0) is 11.2 Å². The molecule has 2 aromatic carbocycles. The van der Waals surface area contributed by atoms with Crippen LogP contribution in [0.3, 0.4) is 0 Å². The highest BCUT2D eigenvalue weighted by Crippen LogP contribution is 2.21. The predicted octanol–water partition coefficient (Wildman–Crippen LogP) is 3.28. The molecule has 116 valence electrons. The van der Waals surface area contributed by atoms with Crippen molar-refractivity contribution < 1.29 is 9.72 Å². The fourth-order valence-corrected chi connectivity index (χ4v) is 2.59. The maximum atomic E-state index is 11.3. The van der Waals surface area contributed by atoms with E-state index >= 15 is 0 Å². The topological polar surface area (TPSA) is 79.2 Å². The van der Waals surface area contributed by atoms with Crippen LogP contribution in [0, 0.1) is 10.1 Å². The number of non-ortho nitro benzene ring substituents is 1. The molecular formula is C17H15N3O3. The number of amides is 1. The highest BCUT2D eigenvalue weighted by molar-refractivity contribution is 5.83. The lowest BCUT2D eigenvalue weighted by atomic mass is 10.1. The van der Waals surface area contributed by atoms with Crippen molar-refractivity contribution in [2.75, 3.05) is 11.4 Å². The molecule has 6 heteroatoms. The van der Waals surface area contributed by atoms with Crippen molar-refractivity contribution in [3.05, 3.63) is 70.4 Å². The van der Waals surface area contributed by atoms with Crippen molar-refractivity contribution in [1.82, 2.24) is 4.98 Å². The number of nitro benzene ring substituents is 1. The summed E-state index contributed by atoms with van der Waals surface area (Å²) in [4.78, 5) is 26.3. The number of hydrogen-bond acceptors (Lipinski definition) is 3. The summed E-state index contributed by atoms with van der Waals surface area (Å²) in [6.07, 6.45) is 3.39. The predicted molar refractivity (Wildman–Crippen MR) is 88.5 cm³/mol. The zero-order chi connectivity index (χ0) is 16.2. The van der Waals surface area contributed by atoms with Crippen LogP contribution < -0.4 is 4.90 Å².